The van der Waals surface area contributed by atoms with Crippen molar-refractivity contribution in [2.24, 2.45) is 0 Å². The number of carbonyl (C=O) groups excluding carboxylic acids is 2. The lowest BCUT2D eigenvalue weighted by atomic mass is 10.2. The Bertz CT molecular complexity index is 774. The molecule has 26 heavy (non-hydrogen) atoms. The Morgan fingerprint density at radius 3 is 2.73 bits per heavy atom. The van der Waals surface area contributed by atoms with Gasteiger partial charge in [0.05, 0.1) is 24.3 Å². The summed E-state index contributed by atoms with van der Waals surface area (Å²) >= 11 is 1.22. The highest BCUT2D eigenvalue weighted by Crippen LogP contribution is 2.19. The van der Waals surface area contributed by atoms with Gasteiger partial charge in [-0.1, -0.05) is 23.9 Å². The van der Waals surface area contributed by atoms with Crippen molar-refractivity contribution >= 4 is 29.3 Å². The van der Waals surface area contributed by atoms with E-state index in [9.17, 15) is 14.7 Å². The lowest BCUT2D eigenvalue weighted by Crippen LogP contribution is -2.33. The Kier molecular flexibility index (Phi) is 7.23. The van der Waals surface area contributed by atoms with Crippen LogP contribution in [0.4, 0.5) is 5.69 Å². The zero-order chi connectivity index (χ0) is 19.1. The predicted octanol–water partition coefficient (Wildman–Crippen LogP) is 1.94. The van der Waals surface area contributed by atoms with Gasteiger partial charge in [0, 0.05) is 11.7 Å². The topological polar surface area (TPSA) is 96.2 Å². The number of amides is 2. The third kappa shape index (κ3) is 5.89. The lowest BCUT2D eigenvalue weighted by Gasteiger charge is -2.13. The lowest BCUT2D eigenvalue weighted by molar-refractivity contribution is -0.122. The quantitative estimate of drug-likeness (QED) is 0.612. The second-order valence-corrected chi connectivity index (χ2v) is 7.15. The molecule has 0 fully saturated rings. The fraction of sp³-hybridized carbons (Fsp3) is 0.389. The molecule has 0 unspecified atom stereocenters. The van der Waals surface area contributed by atoms with E-state index in [1.807, 2.05) is 45.0 Å². The van der Waals surface area contributed by atoms with Crippen LogP contribution in [-0.2, 0) is 22.7 Å². The van der Waals surface area contributed by atoms with E-state index in [0.717, 1.165) is 11.3 Å². The van der Waals surface area contributed by atoms with Gasteiger partial charge < -0.3 is 20.3 Å². The largest absolute Gasteiger partial charge is 0.390 e. The van der Waals surface area contributed by atoms with Gasteiger partial charge in [0.25, 0.3) is 0 Å². The summed E-state index contributed by atoms with van der Waals surface area (Å²) in [5, 5.41) is 15.6. The van der Waals surface area contributed by atoms with Crippen molar-refractivity contribution in [2.45, 2.75) is 45.1 Å². The second-order valence-electron chi connectivity index (χ2n) is 6.20. The molecule has 2 aromatic rings. The Balaban J connectivity index is 1.99. The molecule has 7 nitrogen and oxygen atoms in total. The molecule has 0 atom stereocenters. The molecule has 0 aliphatic rings. The molecule has 0 radical (unpaired) electrons. The molecule has 0 saturated heterocycles. The van der Waals surface area contributed by atoms with E-state index in [1.165, 1.54) is 18.0 Å². The minimum Gasteiger partial charge on any atom is -0.390 e. The number of aryl methyl sites for hydroxylation is 1. The molecule has 0 aliphatic carbocycles. The first-order valence-electron chi connectivity index (χ1n) is 8.33. The van der Waals surface area contributed by atoms with Crippen LogP contribution in [0.15, 0.2) is 35.6 Å². The molecule has 140 valence electrons. The molecule has 0 saturated carbocycles. The average molecular weight is 376 g/mol. The Hall–Kier alpha value is -2.32. The number of nitrogens with one attached hydrogen (secondary N) is 2. The summed E-state index contributed by atoms with van der Waals surface area (Å²) in [7, 11) is 0. The van der Waals surface area contributed by atoms with E-state index in [0.29, 0.717) is 10.9 Å². The number of anilines is 1. The highest BCUT2D eigenvalue weighted by atomic mass is 32.2. The summed E-state index contributed by atoms with van der Waals surface area (Å²) in [5.41, 5.74) is 2.34. The fourth-order valence-corrected chi connectivity index (χ4v) is 3.16. The number of benzene rings is 1. The van der Waals surface area contributed by atoms with E-state index in [4.69, 9.17) is 0 Å². The van der Waals surface area contributed by atoms with Gasteiger partial charge in [-0.15, -0.1) is 0 Å². The number of rotatable bonds is 8. The first kappa shape index (κ1) is 20.0. The number of aromatic nitrogens is 2. The standard InChI is InChI=1S/C18H24N4O3S/c1-12(2)20-16(24)9-22-15(10-23)8-19-18(22)26-11-17(25)21-14-6-4-5-13(3)7-14/h4-8,12,23H,9-11H2,1-3H3,(H,20,24)(H,21,25). The highest BCUT2D eigenvalue weighted by molar-refractivity contribution is 7.99. The van der Waals surface area contributed by atoms with Crippen molar-refractivity contribution in [2.75, 3.05) is 11.1 Å². The molecule has 3 N–H and O–H groups in total. The summed E-state index contributed by atoms with van der Waals surface area (Å²) < 4.78 is 1.63. The van der Waals surface area contributed by atoms with Crippen LogP contribution < -0.4 is 10.6 Å². The summed E-state index contributed by atoms with van der Waals surface area (Å²) in [6.45, 7) is 5.54. The van der Waals surface area contributed by atoms with Gasteiger partial charge in [-0.2, -0.15) is 0 Å². The Morgan fingerprint density at radius 2 is 2.08 bits per heavy atom. The maximum atomic E-state index is 12.2. The molecule has 1 aromatic carbocycles. The summed E-state index contributed by atoms with van der Waals surface area (Å²) in [6.07, 6.45) is 1.52. The van der Waals surface area contributed by atoms with Gasteiger partial charge in [-0.05, 0) is 38.5 Å². The van der Waals surface area contributed by atoms with Crippen molar-refractivity contribution in [3.63, 3.8) is 0 Å². The molecular weight excluding hydrogens is 352 g/mol. The van der Waals surface area contributed by atoms with Gasteiger partial charge in [-0.3, -0.25) is 9.59 Å². The first-order valence-corrected chi connectivity index (χ1v) is 9.31. The Morgan fingerprint density at radius 1 is 1.31 bits per heavy atom. The van der Waals surface area contributed by atoms with Gasteiger partial charge in [0.15, 0.2) is 5.16 Å². The molecule has 1 heterocycles. The van der Waals surface area contributed by atoms with Crippen molar-refractivity contribution in [3.8, 4) is 0 Å². The number of hydrogen-bond donors (Lipinski definition) is 3. The minimum absolute atomic E-state index is 0.0276. The van der Waals surface area contributed by atoms with Crippen LogP contribution in [0, 0.1) is 6.92 Å². The van der Waals surface area contributed by atoms with Crippen molar-refractivity contribution in [3.05, 3.63) is 41.7 Å². The third-order valence-corrected chi connectivity index (χ3v) is 4.44. The second kappa shape index (κ2) is 9.40. The monoisotopic (exact) mass is 376 g/mol. The van der Waals surface area contributed by atoms with E-state index >= 15 is 0 Å². The molecule has 1 aromatic heterocycles. The normalized spacial score (nSPS) is 10.8. The molecule has 2 amide bonds. The zero-order valence-corrected chi connectivity index (χ0v) is 16.0. The van der Waals surface area contributed by atoms with Crippen molar-refractivity contribution in [1.29, 1.82) is 0 Å². The minimum atomic E-state index is -0.224. The molecule has 8 heteroatoms. The summed E-state index contributed by atoms with van der Waals surface area (Å²) in [6, 6.07) is 7.59. The molecular formula is C18H24N4O3S. The summed E-state index contributed by atoms with van der Waals surface area (Å²) in [4.78, 5) is 28.4. The number of aliphatic hydroxyl groups excluding tert-OH is 1. The van der Waals surface area contributed by atoms with Crippen LogP contribution in [0.2, 0.25) is 0 Å². The highest BCUT2D eigenvalue weighted by Gasteiger charge is 2.15. The van der Waals surface area contributed by atoms with Crippen LogP contribution in [-0.4, -0.2) is 38.3 Å². The molecule has 2 rings (SSSR count). The third-order valence-electron chi connectivity index (χ3n) is 3.45. The van der Waals surface area contributed by atoms with Crippen LogP contribution in [0.3, 0.4) is 0 Å². The number of carbonyl (C=O) groups is 2. The van der Waals surface area contributed by atoms with Crippen LogP contribution >= 0.6 is 11.8 Å². The van der Waals surface area contributed by atoms with Gasteiger partial charge in [0.2, 0.25) is 11.8 Å². The van der Waals surface area contributed by atoms with E-state index in [2.05, 4.69) is 15.6 Å². The fourth-order valence-electron chi connectivity index (χ4n) is 2.36. The number of hydrogen-bond acceptors (Lipinski definition) is 5. The maximum absolute atomic E-state index is 12.2. The van der Waals surface area contributed by atoms with Crippen molar-refractivity contribution < 1.29 is 14.7 Å². The number of thioether (sulfide) groups is 1. The average Bonchev–Trinajstić information content (AvgIpc) is 2.94. The molecule has 0 spiro atoms. The van der Waals surface area contributed by atoms with Crippen molar-refractivity contribution in [1.82, 2.24) is 14.9 Å². The Labute approximate surface area is 157 Å². The van der Waals surface area contributed by atoms with E-state index < -0.39 is 0 Å². The smallest absolute Gasteiger partial charge is 0.240 e. The number of imidazole rings is 1. The SMILES string of the molecule is Cc1cccc(NC(=O)CSc2ncc(CO)n2CC(=O)NC(C)C)c1. The van der Waals surface area contributed by atoms with Gasteiger partial charge in [-0.25, -0.2) is 4.98 Å². The maximum Gasteiger partial charge on any atom is 0.240 e. The molecule has 0 bridgehead atoms. The molecule has 0 aliphatic heterocycles. The van der Waals surface area contributed by atoms with Crippen LogP contribution in [0.5, 0.6) is 0 Å². The van der Waals surface area contributed by atoms with Crippen LogP contribution in [0.1, 0.15) is 25.1 Å². The number of aliphatic hydroxyl groups is 1. The van der Waals surface area contributed by atoms with E-state index in [1.54, 1.807) is 4.57 Å². The van der Waals surface area contributed by atoms with E-state index in [-0.39, 0.29) is 36.8 Å². The number of nitrogens with zero attached hydrogens (tertiary/aromatic N) is 2. The van der Waals surface area contributed by atoms with Gasteiger partial charge >= 0.3 is 0 Å². The first-order chi connectivity index (χ1) is 12.4. The zero-order valence-electron chi connectivity index (χ0n) is 15.2. The summed E-state index contributed by atoms with van der Waals surface area (Å²) in [5.74, 6) is -0.173. The predicted molar refractivity (Wildman–Crippen MR) is 102 cm³/mol. The van der Waals surface area contributed by atoms with Crippen LogP contribution in [0.25, 0.3) is 0 Å². The van der Waals surface area contributed by atoms with Gasteiger partial charge in [0.1, 0.15) is 6.54 Å².